The summed E-state index contributed by atoms with van der Waals surface area (Å²) in [5.74, 6) is -0.127. The van der Waals surface area contributed by atoms with Crippen molar-refractivity contribution in [3.8, 4) is 6.07 Å². The molecule has 5 nitrogen and oxygen atoms in total. The van der Waals surface area contributed by atoms with Crippen LogP contribution in [0.3, 0.4) is 0 Å². The highest BCUT2D eigenvalue weighted by atomic mass is 19.1. The molecular weight excluding hydrogens is 381 g/mol. The summed E-state index contributed by atoms with van der Waals surface area (Å²) in [5, 5.41) is 9.95. The molecule has 1 aliphatic carbocycles. The van der Waals surface area contributed by atoms with Gasteiger partial charge in [-0.05, 0) is 49.1 Å². The van der Waals surface area contributed by atoms with E-state index < -0.39 is 5.97 Å². The van der Waals surface area contributed by atoms with E-state index in [0.717, 1.165) is 25.7 Å². The molecule has 4 rings (SSSR count). The first-order valence-electron chi connectivity index (χ1n) is 10.3. The number of hydrogen-bond acceptors (Lipinski definition) is 4. The maximum Gasteiger partial charge on any atom is 0.342 e. The Bertz CT molecular complexity index is 1140. The molecule has 0 spiro atoms. The van der Waals surface area contributed by atoms with E-state index in [1.807, 2.05) is 17.9 Å². The second-order valence-corrected chi connectivity index (χ2v) is 7.65. The quantitative estimate of drug-likeness (QED) is 0.560. The number of carbonyl (C=O) groups excluding carboxylic acids is 1. The predicted molar refractivity (Wildman–Crippen MR) is 115 cm³/mol. The van der Waals surface area contributed by atoms with Crippen LogP contribution < -0.4 is 4.90 Å². The van der Waals surface area contributed by atoms with E-state index in [4.69, 9.17) is 4.74 Å². The number of fused-ring (bicyclic) bond motifs is 1. The van der Waals surface area contributed by atoms with E-state index in [1.54, 1.807) is 30.3 Å². The third-order valence-corrected chi connectivity index (χ3v) is 5.92. The van der Waals surface area contributed by atoms with Crippen molar-refractivity contribution >= 4 is 28.4 Å². The highest BCUT2D eigenvalue weighted by molar-refractivity contribution is 6.10. The van der Waals surface area contributed by atoms with Gasteiger partial charge in [0.1, 0.15) is 17.2 Å². The number of nitrogens with zero attached hydrogens (tertiary/aromatic N) is 2. The van der Waals surface area contributed by atoms with Gasteiger partial charge in [0, 0.05) is 22.6 Å². The predicted octanol–water partition coefficient (Wildman–Crippen LogP) is 5.61. The average molecular weight is 405 g/mol. The minimum Gasteiger partial charge on any atom is -0.465 e. The highest BCUT2D eigenvalue weighted by Gasteiger charge is 2.31. The lowest BCUT2D eigenvalue weighted by atomic mass is 10.1. The largest absolute Gasteiger partial charge is 0.465 e. The Hall–Kier alpha value is -3.33. The van der Waals surface area contributed by atoms with Crippen molar-refractivity contribution in [3.05, 3.63) is 58.9 Å². The Morgan fingerprint density at radius 2 is 2.03 bits per heavy atom. The molecule has 1 aromatic heterocycles. The van der Waals surface area contributed by atoms with Gasteiger partial charge in [-0.1, -0.05) is 31.9 Å². The van der Waals surface area contributed by atoms with Gasteiger partial charge >= 0.3 is 5.97 Å². The van der Waals surface area contributed by atoms with Crippen LogP contribution in [0, 0.1) is 17.1 Å². The smallest absolute Gasteiger partial charge is 0.342 e. The fourth-order valence-electron chi connectivity index (χ4n) is 4.40. The molecule has 0 radical (unpaired) electrons. The Labute approximate surface area is 175 Å². The number of hydrogen-bond donors (Lipinski definition) is 1. The van der Waals surface area contributed by atoms with Gasteiger partial charge in [0.05, 0.1) is 18.7 Å². The van der Waals surface area contributed by atoms with Crippen LogP contribution in [0.5, 0.6) is 0 Å². The summed E-state index contributed by atoms with van der Waals surface area (Å²) in [4.78, 5) is 18.1. The van der Waals surface area contributed by atoms with Crippen LogP contribution in [0.25, 0.3) is 10.9 Å². The van der Waals surface area contributed by atoms with Gasteiger partial charge in [0.2, 0.25) is 0 Å². The fraction of sp³-hybridized carbons (Fsp3) is 0.333. The first-order chi connectivity index (χ1) is 14.6. The van der Waals surface area contributed by atoms with E-state index in [9.17, 15) is 14.4 Å². The van der Waals surface area contributed by atoms with E-state index in [-0.39, 0.29) is 11.9 Å². The van der Waals surface area contributed by atoms with E-state index in [0.29, 0.717) is 45.5 Å². The number of aryl methyl sites for hydroxylation is 1. The highest BCUT2D eigenvalue weighted by Crippen LogP contribution is 2.40. The number of benzene rings is 2. The van der Waals surface area contributed by atoms with Crippen molar-refractivity contribution in [2.45, 2.75) is 45.1 Å². The standard InChI is InChI=1S/C24H24FN3O2/c1-3-16-9-10-18(13-20(16)25)28(17-6-4-5-7-17)23-22(24(29)30-2)19-11-8-15(14-26)12-21(19)27-23/h8-13,17,27H,3-7H2,1-2H3. The van der Waals surface area contributed by atoms with Crippen LogP contribution in [0.4, 0.5) is 15.9 Å². The molecule has 6 heteroatoms. The molecule has 154 valence electrons. The van der Waals surface area contributed by atoms with Gasteiger partial charge < -0.3 is 14.6 Å². The lowest BCUT2D eigenvalue weighted by Crippen LogP contribution is -2.30. The molecule has 0 amide bonds. The van der Waals surface area contributed by atoms with E-state index in [2.05, 4.69) is 11.1 Å². The van der Waals surface area contributed by atoms with Crippen LogP contribution in [-0.2, 0) is 11.2 Å². The Balaban J connectivity index is 1.95. The molecule has 3 aromatic rings. The SMILES string of the molecule is CCc1ccc(N(c2[nH]c3cc(C#N)ccc3c2C(=O)OC)C2CCCC2)cc1F. The summed E-state index contributed by atoms with van der Waals surface area (Å²) >= 11 is 0. The molecule has 0 unspecified atom stereocenters. The van der Waals surface area contributed by atoms with Crippen molar-refractivity contribution in [1.29, 1.82) is 5.26 Å². The molecule has 1 aliphatic rings. The number of aromatic nitrogens is 1. The molecule has 30 heavy (non-hydrogen) atoms. The number of ether oxygens (including phenoxy) is 1. The zero-order valence-electron chi connectivity index (χ0n) is 17.2. The molecule has 1 saturated carbocycles. The minimum absolute atomic E-state index is 0.142. The van der Waals surface area contributed by atoms with Gasteiger partial charge in [0.25, 0.3) is 0 Å². The van der Waals surface area contributed by atoms with Crippen LogP contribution in [0.15, 0.2) is 36.4 Å². The summed E-state index contributed by atoms with van der Waals surface area (Å²) in [6, 6.07) is 12.7. The second kappa shape index (κ2) is 8.19. The molecule has 0 aliphatic heterocycles. The first kappa shape index (κ1) is 20.0. The molecule has 1 N–H and O–H groups in total. The van der Waals surface area contributed by atoms with Crippen LogP contribution in [-0.4, -0.2) is 24.1 Å². The Morgan fingerprint density at radius 1 is 1.27 bits per heavy atom. The monoisotopic (exact) mass is 405 g/mol. The number of halogens is 1. The third kappa shape index (κ3) is 3.41. The van der Waals surface area contributed by atoms with Crippen molar-refractivity contribution in [2.24, 2.45) is 0 Å². The normalized spacial score (nSPS) is 14.1. The maximum atomic E-state index is 14.7. The summed E-state index contributed by atoms with van der Waals surface area (Å²) in [6.07, 6.45) is 4.70. The maximum absolute atomic E-state index is 14.7. The zero-order valence-corrected chi connectivity index (χ0v) is 17.2. The minimum atomic E-state index is -0.463. The molecule has 1 fully saturated rings. The van der Waals surface area contributed by atoms with Crippen LogP contribution in [0.1, 0.15) is 54.1 Å². The van der Waals surface area contributed by atoms with Crippen molar-refractivity contribution in [2.75, 3.05) is 12.0 Å². The number of nitrogens with one attached hydrogen (secondary N) is 1. The molecule has 2 aromatic carbocycles. The van der Waals surface area contributed by atoms with Crippen LogP contribution in [0.2, 0.25) is 0 Å². The van der Waals surface area contributed by atoms with Crippen molar-refractivity contribution in [3.63, 3.8) is 0 Å². The molecule has 0 saturated heterocycles. The number of H-pyrrole nitrogens is 1. The van der Waals surface area contributed by atoms with Gasteiger partial charge in [-0.3, -0.25) is 0 Å². The van der Waals surface area contributed by atoms with Crippen LogP contribution >= 0.6 is 0 Å². The van der Waals surface area contributed by atoms with E-state index >= 15 is 0 Å². The number of carbonyl (C=O) groups is 1. The molecule has 0 atom stereocenters. The number of nitriles is 1. The van der Waals surface area contributed by atoms with Gasteiger partial charge in [0.15, 0.2) is 0 Å². The number of anilines is 2. The van der Waals surface area contributed by atoms with Gasteiger partial charge in [-0.2, -0.15) is 5.26 Å². The Kier molecular flexibility index (Phi) is 5.45. The molecule has 0 bridgehead atoms. The second-order valence-electron chi connectivity index (χ2n) is 7.65. The summed E-state index contributed by atoms with van der Waals surface area (Å²) in [6.45, 7) is 1.92. The van der Waals surface area contributed by atoms with E-state index in [1.165, 1.54) is 7.11 Å². The molecule has 1 heterocycles. The number of aromatic amines is 1. The topological polar surface area (TPSA) is 69.1 Å². The third-order valence-electron chi connectivity index (χ3n) is 5.92. The Morgan fingerprint density at radius 3 is 2.67 bits per heavy atom. The lowest BCUT2D eigenvalue weighted by Gasteiger charge is -2.31. The zero-order chi connectivity index (χ0) is 21.3. The summed E-state index contributed by atoms with van der Waals surface area (Å²) < 4.78 is 19.8. The average Bonchev–Trinajstić information content (AvgIpc) is 3.41. The number of rotatable bonds is 5. The lowest BCUT2D eigenvalue weighted by molar-refractivity contribution is 0.0604. The fourth-order valence-corrected chi connectivity index (χ4v) is 4.40. The van der Waals surface area contributed by atoms with Crippen molar-refractivity contribution < 1.29 is 13.9 Å². The first-order valence-corrected chi connectivity index (χ1v) is 10.3. The number of esters is 1. The number of methoxy groups -OCH3 is 1. The summed E-state index contributed by atoms with van der Waals surface area (Å²) in [5.41, 5.74) is 2.95. The van der Waals surface area contributed by atoms with Gasteiger partial charge in [-0.15, -0.1) is 0 Å². The summed E-state index contributed by atoms with van der Waals surface area (Å²) in [7, 11) is 1.35. The van der Waals surface area contributed by atoms with Crippen molar-refractivity contribution in [1.82, 2.24) is 4.98 Å². The molecular formula is C24H24FN3O2. The van der Waals surface area contributed by atoms with Gasteiger partial charge in [-0.25, -0.2) is 9.18 Å².